The first-order valence-electron chi connectivity index (χ1n) is 10.1. The Bertz CT molecular complexity index is 867. The summed E-state index contributed by atoms with van der Waals surface area (Å²) in [5, 5.41) is 0.662. The number of hydrogen-bond acceptors (Lipinski definition) is 3. The fraction of sp³-hybridized carbons (Fsp3) is 0.391. The lowest BCUT2D eigenvalue weighted by Gasteiger charge is -2.20. The normalized spacial score (nSPS) is 22.3. The Morgan fingerprint density at radius 1 is 0.966 bits per heavy atom. The zero-order valence-electron chi connectivity index (χ0n) is 16.2. The summed E-state index contributed by atoms with van der Waals surface area (Å²) in [5.74, 6) is 2.29. The molecular weight excluding hydrogens is 388 g/mol. The molecule has 3 atom stereocenters. The molecule has 2 fully saturated rings. The van der Waals surface area contributed by atoms with E-state index >= 15 is 0 Å². The summed E-state index contributed by atoms with van der Waals surface area (Å²) in [6.07, 6.45) is 5.51. The maximum absolute atomic E-state index is 12.3. The summed E-state index contributed by atoms with van der Waals surface area (Å²) >= 11 is 5.86. The molecule has 2 amide bonds. The highest BCUT2D eigenvalue weighted by Gasteiger charge is 2.40. The number of carbonyl (C=O) groups is 2. The molecule has 4 rings (SSSR count). The Balaban J connectivity index is 1.21. The van der Waals surface area contributed by atoms with E-state index in [0.717, 1.165) is 23.7 Å². The van der Waals surface area contributed by atoms with Gasteiger partial charge < -0.3 is 4.74 Å². The average molecular weight is 413 g/mol. The molecule has 2 aromatic carbocycles. The minimum absolute atomic E-state index is 0.108. The zero-order chi connectivity index (χ0) is 20.2. The van der Waals surface area contributed by atoms with Gasteiger partial charge in [0.05, 0.1) is 0 Å². The van der Waals surface area contributed by atoms with E-state index in [1.165, 1.54) is 19.3 Å². The highest BCUT2D eigenvalue weighted by molar-refractivity contribution is 6.30. The van der Waals surface area contributed by atoms with Crippen molar-refractivity contribution < 1.29 is 14.3 Å². The predicted molar refractivity (Wildman–Crippen MR) is 111 cm³/mol. The Kier molecular flexibility index (Phi) is 6.05. The quantitative estimate of drug-likeness (QED) is 0.686. The van der Waals surface area contributed by atoms with Gasteiger partial charge >= 0.3 is 0 Å². The largest absolute Gasteiger partial charge is 0.489 e. The molecular formula is C23H25ClN2O3. The average Bonchev–Trinajstić information content (AvgIpc) is 3.35. The van der Waals surface area contributed by atoms with Crippen LogP contribution < -0.4 is 15.6 Å². The second-order valence-corrected chi connectivity index (χ2v) is 8.52. The Labute approximate surface area is 175 Å². The van der Waals surface area contributed by atoms with E-state index < -0.39 is 0 Å². The van der Waals surface area contributed by atoms with Crippen molar-refractivity contribution >= 4 is 23.4 Å². The van der Waals surface area contributed by atoms with Gasteiger partial charge in [0.2, 0.25) is 5.91 Å². The molecule has 2 aliphatic carbocycles. The van der Waals surface area contributed by atoms with Crippen molar-refractivity contribution in [2.75, 3.05) is 0 Å². The lowest BCUT2D eigenvalue weighted by molar-refractivity contribution is -0.123. The van der Waals surface area contributed by atoms with Crippen LogP contribution in [0.15, 0.2) is 48.5 Å². The number of benzene rings is 2. The SMILES string of the molecule is O=C(C[C@@H]1C[C@@H]2CC[C@@H]1C2)NNC(=O)c1ccc(COc2ccc(Cl)cc2)cc1. The van der Waals surface area contributed by atoms with E-state index in [-0.39, 0.29) is 11.8 Å². The van der Waals surface area contributed by atoms with Crippen molar-refractivity contribution in [2.24, 2.45) is 17.8 Å². The second-order valence-electron chi connectivity index (χ2n) is 8.08. The minimum atomic E-state index is -0.323. The molecule has 0 radical (unpaired) electrons. The third-order valence-electron chi connectivity index (χ3n) is 6.08. The van der Waals surface area contributed by atoms with Gasteiger partial charge in [-0.1, -0.05) is 30.2 Å². The molecule has 2 aliphatic rings. The van der Waals surface area contributed by atoms with Gasteiger partial charge in [-0.3, -0.25) is 20.4 Å². The molecule has 0 heterocycles. The number of halogens is 1. The molecule has 2 N–H and O–H groups in total. The van der Waals surface area contributed by atoms with Crippen LogP contribution in [0.2, 0.25) is 5.02 Å². The van der Waals surface area contributed by atoms with Crippen LogP contribution in [0, 0.1) is 17.8 Å². The van der Waals surface area contributed by atoms with Gasteiger partial charge in [-0.2, -0.15) is 0 Å². The summed E-state index contributed by atoms with van der Waals surface area (Å²) < 4.78 is 5.69. The van der Waals surface area contributed by atoms with E-state index in [2.05, 4.69) is 10.9 Å². The van der Waals surface area contributed by atoms with Crippen LogP contribution in [-0.4, -0.2) is 11.8 Å². The van der Waals surface area contributed by atoms with Gasteiger partial charge in [-0.05, 0) is 79.0 Å². The van der Waals surface area contributed by atoms with Crippen molar-refractivity contribution in [2.45, 2.75) is 38.7 Å². The molecule has 0 spiro atoms. The molecule has 2 bridgehead atoms. The molecule has 0 unspecified atom stereocenters. The molecule has 5 nitrogen and oxygen atoms in total. The second kappa shape index (κ2) is 8.87. The molecule has 0 aromatic heterocycles. The Morgan fingerprint density at radius 3 is 2.38 bits per heavy atom. The van der Waals surface area contributed by atoms with Crippen molar-refractivity contribution in [3.8, 4) is 5.75 Å². The molecule has 2 saturated carbocycles. The van der Waals surface area contributed by atoms with Crippen LogP contribution in [0.5, 0.6) is 5.75 Å². The van der Waals surface area contributed by atoms with Crippen molar-refractivity contribution in [1.82, 2.24) is 10.9 Å². The molecule has 152 valence electrons. The van der Waals surface area contributed by atoms with Gasteiger partial charge in [-0.25, -0.2) is 0 Å². The first-order valence-corrected chi connectivity index (χ1v) is 10.5. The van der Waals surface area contributed by atoms with E-state index in [1.54, 1.807) is 24.3 Å². The molecule has 0 aliphatic heterocycles. The van der Waals surface area contributed by atoms with Gasteiger partial charge in [0, 0.05) is 17.0 Å². The summed E-state index contributed by atoms with van der Waals surface area (Å²) in [4.78, 5) is 24.4. The van der Waals surface area contributed by atoms with Crippen LogP contribution in [0.4, 0.5) is 0 Å². The van der Waals surface area contributed by atoms with E-state index in [0.29, 0.717) is 35.4 Å². The summed E-state index contributed by atoms with van der Waals surface area (Å²) in [6, 6.07) is 14.3. The van der Waals surface area contributed by atoms with Gasteiger partial charge in [0.25, 0.3) is 5.91 Å². The first kappa shape index (κ1) is 19.8. The number of hydrazine groups is 1. The third-order valence-corrected chi connectivity index (χ3v) is 6.33. The zero-order valence-corrected chi connectivity index (χ0v) is 17.0. The van der Waals surface area contributed by atoms with Gasteiger partial charge in [-0.15, -0.1) is 0 Å². The number of rotatable bonds is 6. The number of nitrogens with one attached hydrogen (secondary N) is 2. The number of fused-ring (bicyclic) bond motifs is 2. The minimum Gasteiger partial charge on any atom is -0.489 e. The highest BCUT2D eigenvalue weighted by atomic mass is 35.5. The molecule has 29 heavy (non-hydrogen) atoms. The summed E-state index contributed by atoms with van der Waals surface area (Å²) in [7, 11) is 0. The maximum Gasteiger partial charge on any atom is 0.269 e. The van der Waals surface area contributed by atoms with E-state index in [9.17, 15) is 9.59 Å². The third kappa shape index (κ3) is 5.10. The van der Waals surface area contributed by atoms with Crippen LogP contribution in [-0.2, 0) is 11.4 Å². The molecule has 2 aromatic rings. The Hall–Kier alpha value is -2.53. The van der Waals surface area contributed by atoms with Crippen LogP contribution >= 0.6 is 11.6 Å². The Morgan fingerprint density at radius 2 is 1.72 bits per heavy atom. The fourth-order valence-electron chi connectivity index (χ4n) is 4.56. The fourth-order valence-corrected chi connectivity index (χ4v) is 4.69. The predicted octanol–water partition coefficient (Wildman–Crippen LogP) is 4.51. The first-order chi connectivity index (χ1) is 14.1. The topological polar surface area (TPSA) is 67.4 Å². The van der Waals surface area contributed by atoms with Crippen LogP contribution in [0.1, 0.15) is 48.0 Å². The summed E-state index contributed by atoms with van der Waals surface area (Å²) in [5.41, 5.74) is 6.50. The van der Waals surface area contributed by atoms with Crippen LogP contribution in [0.25, 0.3) is 0 Å². The lowest BCUT2D eigenvalue weighted by atomic mass is 9.86. The number of carbonyl (C=O) groups excluding carboxylic acids is 2. The summed E-state index contributed by atoms with van der Waals surface area (Å²) in [6.45, 7) is 0.393. The van der Waals surface area contributed by atoms with Crippen molar-refractivity contribution in [1.29, 1.82) is 0 Å². The van der Waals surface area contributed by atoms with Gasteiger partial charge in [0.15, 0.2) is 0 Å². The number of hydrogen-bond donors (Lipinski definition) is 2. The standard InChI is InChI=1S/C23H25ClN2O3/c24-20-7-9-21(10-8-20)29-14-15-1-4-17(5-2-15)23(28)26-25-22(27)13-19-12-16-3-6-18(19)11-16/h1-2,4-5,7-10,16,18-19H,3,6,11-14H2,(H,25,27)(H,26,28)/t16-,18-,19+/m1/s1. The van der Waals surface area contributed by atoms with Crippen molar-refractivity contribution in [3.05, 3.63) is 64.7 Å². The van der Waals surface area contributed by atoms with Crippen LogP contribution in [0.3, 0.4) is 0 Å². The molecule has 0 saturated heterocycles. The van der Waals surface area contributed by atoms with E-state index in [4.69, 9.17) is 16.3 Å². The smallest absolute Gasteiger partial charge is 0.269 e. The van der Waals surface area contributed by atoms with E-state index in [1.807, 2.05) is 24.3 Å². The number of ether oxygens (including phenoxy) is 1. The number of amides is 2. The highest BCUT2D eigenvalue weighted by Crippen LogP contribution is 2.49. The molecule has 6 heteroatoms. The van der Waals surface area contributed by atoms with Crippen molar-refractivity contribution in [3.63, 3.8) is 0 Å². The van der Waals surface area contributed by atoms with Gasteiger partial charge in [0.1, 0.15) is 12.4 Å². The maximum atomic E-state index is 12.3. The lowest BCUT2D eigenvalue weighted by Crippen LogP contribution is -2.42. The monoisotopic (exact) mass is 412 g/mol.